The fourth-order valence-electron chi connectivity index (χ4n) is 3.67. The van der Waals surface area contributed by atoms with E-state index in [1.165, 1.54) is 5.56 Å². The molecule has 0 amide bonds. The van der Waals surface area contributed by atoms with E-state index in [0.29, 0.717) is 0 Å². The molecule has 3 heteroatoms. The van der Waals surface area contributed by atoms with Gasteiger partial charge in [-0.15, -0.1) is 0 Å². The zero-order valence-corrected chi connectivity index (χ0v) is 14.1. The first-order chi connectivity index (χ1) is 12.1. The number of ketones is 1. The van der Waals surface area contributed by atoms with Gasteiger partial charge in [0, 0.05) is 23.7 Å². The van der Waals surface area contributed by atoms with Crippen molar-refractivity contribution in [3.05, 3.63) is 77.4 Å². The predicted molar refractivity (Wildman–Crippen MR) is 99.8 cm³/mol. The standard InChI is InChI=1S/C22H16N2O/c1-13-7-9-14(10-8-13)22-23-19-11-18-17(12-20(19)24(22)2)15-5-3-4-6-16(15)21(18)25/h3-12H,1-2H3. The molecule has 1 aromatic heterocycles. The van der Waals surface area contributed by atoms with Gasteiger partial charge in [0.2, 0.25) is 0 Å². The summed E-state index contributed by atoms with van der Waals surface area (Å²) in [5.74, 6) is 1.01. The molecule has 0 fully saturated rings. The molecule has 3 nitrogen and oxygen atoms in total. The first-order valence-corrected chi connectivity index (χ1v) is 8.35. The van der Waals surface area contributed by atoms with Crippen LogP contribution in [0.15, 0.2) is 60.7 Å². The van der Waals surface area contributed by atoms with Crippen LogP contribution in [0.25, 0.3) is 33.5 Å². The number of hydrogen-bond donors (Lipinski definition) is 0. The van der Waals surface area contributed by atoms with E-state index in [4.69, 9.17) is 4.98 Å². The number of carbonyl (C=O) groups excluding carboxylic acids is 1. The molecule has 0 aliphatic heterocycles. The van der Waals surface area contributed by atoms with Crippen molar-refractivity contribution in [2.24, 2.45) is 7.05 Å². The maximum atomic E-state index is 12.7. The summed E-state index contributed by atoms with van der Waals surface area (Å²) in [5.41, 5.74) is 7.76. The van der Waals surface area contributed by atoms with Gasteiger partial charge >= 0.3 is 0 Å². The van der Waals surface area contributed by atoms with E-state index in [1.807, 2.05) is 37.4 Å². The van der Waals surface area contributed by atoms with E-state index in [1.54, 1.807) is 0 Å². The lowest BCUT2D eigenvalue weighted by atomic mass is 10.1. The fourth-order valence-corrected chi connectivity index (χ4v) is 3.67. The minimum absolute atomic E-state index is 0.0926. The van der Waals surface area contributed by atoms with E-state index in [9.17, 15) is 4.79 Å². The summed E-state index contributed by atoms with van der Waals surface area (Å²) >= 11 is 0. The Balaban J connectivity index is 1.77. The normalized spacial score (nSPS) is 12.5. The highest BCUT2D eigenvalue weighted by Gasteiger charge is 2.27. The topological polar surface area (TPSA) is 34.9 Å². The first-order valence-electron chi connectivity index (χ1n) is 8.35. The van der Waals surface area contributed by atoms with Crippen LogP contribution in [-0.4, -0.2) is 15.3 Å². The number of carbonyl (C=O) groups is 1. The predicted octanol–water partition coefficient (Wildman–Crippen LogP) is 4.76. The van der Waals surface area contributed by atoms with E-state index in [2.05, 4.69) is 41.8 Å². The second-order valence-electron chi connectivity index (χ2n) is 6.62. The van der Waals surface area contributed by atoms with Crippen LogP contribution >= 0.6 is 0 Å². The summed E-state index contributed by atoms with van der Waals surface area (Å²) in [7, 11) is 2.03. The average Bonchev–Trinajstić information content (AvgIpc) is 3.10. The molecule has 0 bridgehead atoms. The molecular formula is C22H16N2O. The van der Waals surface area contributed by atoms with Crippen LogP contribution in [0.2, 0.25) is 0 Å². The smallest absolute Gasteiger partial charge is 0.194 e. The van der Waals surface area contributed by atoms with Crippen molar-refractivity contribution in [1.29, 1.82) is 0 Å². The molecule has 0 saturated heterocycles. The summed E-state index contributed by atoms with van der Waals surface area (Å²) in [6.07, 6.45) is 0. The lowest BCUT2D eigenvalue weighted by Crippen LogP contribution is -1.95. The van der Waals surface area contributed by atoms with Crippen LogP contribution in [0.4, 0.5) is 0 Å². The van der Waals surface area contributed by atoms with E-state index in [0.717, 1.165) is 44.7 Å². The Bertz CT molecular complexity index is 1170. The highest BCUT2D eigenvalue weighted by Crippen LogP contribution is 2.39. The summed E-state index contributed by atoms with van der Waals surface area (Å²) < 4.78 is 2.10. The number of nitrogens with zero attached hydrogens (tertiary/aromatic N) is 2. The van der Waals surface area contributed by atoms with Crippen LogP contribution in [0.3, 0.4) is 0 Å². The summed E-state index contributed by atoms with van der Waals surface area (Å²) in [6.45, 7) is 2.08. The molecule has 4 aromatic rings. The molecule has 0 atom stereocenters. The molecule has 1 aliphatic carbocycles. The van der Waals surface area contributed by atoms with Crippen molar-refractivity contribution >= 4 is 16.8 Å². The number of imidazole rings is 1. The van der Waals surface area contributed by atoms with E-state index < -0.39 is 0 Å². The van der Waals surface area contributed by atoms with Gasteiger partial charge in [-0.1, -0.05) is 54.1 Å². The average molecular weight is 324 g/mol. The Hall–Kier alpha value is -3.20. The molecule has 120 valence electrons. The number of benzene rings is 3. The third-order valence-corrected chi connectivity index (χ3v) is 5.04. The Morgan fingerprint density at radius 2 is 1.56 bits per heavy atom. The van der Waals surface area contributed by atoms with Crippen LogP contribution in [0.5, 0.6) is 0 Å². The highest BCUT2D eigenvalue weighted by molar-refractivity contribution is 6.23. The Labute approximate surface area is 145 Å². The van der Waals surface area contributed by atoms with Gasteiger partial charge in [-0.3, -0.25) is 4.79 Å². The highest BCUT2D eigenvalue weighted by atomic mass is 16.1. The van der Waals surface area contributed by atoms with Crippen molar-refractivity contribution in [2.75, 3.05) is 0 Å². The minimum atomic E-state index is 0.0926. The van der Waals surface area contributed by atoms with E-state index >= 15 is 0 Å². The number of aryl methyl sites for hydroxylation is 2. The number of rotatable bonds is 1. The van der Waals surface area contributed by atoms with Gasteiger partial charge in [0.25, 0.3) is 0 Å². The van der Waals surface area contributed by atoms with Crippen molar-refractivity contribution in [3.8, 4) is 22.5 Å². The van der Waals surface area contributed by atoms with E-state index in [-0.39, 0.29) is 5.78 Å². The number of aromatic nitrogens is 2. The van der Waals surface area contributed by atoms with Crippen LogP contribution in [0, 0.1) is 6.92 Å². The third kappa shape index (κ3) is 1.92. The molecule has 0 spiro atoms. The van der Waals surface area contributed by atoms with Crippen LogP contribution < -0.4 is 0 Å². The molecule has 0 saturated carbocycles. The minimum Gasteiger partial charge on any atom is -0.327 e. The zero-order valence-electron chi connectivity index (χ0n) is 14.1. The van der Waals surface area contributed by atoms with Gasteiger partial charge in [-0.05, 0) is 30.2 Å². The Morgan fingerprint density at radius 3 is 2.32 bits per heavy atom. The van der Waals surface area contributed by atoms with Gasteiger partial charge in [-0.25, -0.2) is 4.98 Å². The maximum absolute atomic E-state index is 12.7. The molecule has 1 aliphatic rings. The Kier molecular flexibility index (Phi) is 2.78. The monoisotopic (exact) mass is 324 g/mol. The van der Waals surface area contributed by atoms with Gasteiger partial charge in [0.05, 0.1) is 11.0 Å². The number of fused-ring (bicyclic) bond motifs is 4. The third-order valence-electron chi connectivity index (χ3n) is 5.04. The largest absolute Gasteiger partial charge is 0.327 e. The summed E-state index contributed by atoms with van der Waals surface area (Å²) in [4.78, 5) is 17.5. The second-order valence-corrected chi connectivity index (χ2v) is 6.62. The van der Waals surface area contributed by atoms with Crippen molar-refractivity contribution < 1.29 is 4.79 Å². The molecule has 25 heavy (non-hydrogen) atoms. The fraction of sp³-hybridized carbons (Fsp3) is 0.0909. The molecule has 0 unspecified atom stereocenters. The molecule has 0 radical (unpaired) electrons. The lowest BCUT2D eigenvalue weighted by molar-refractivity contribution is 0.104. The second kappa shape index (κ2) is 4.90. The SMILES string of the molecule is Cc1ccc(-c2nc3cc4c(cc3n2C)-c2ccccc2C4=O)cc1. The molecular weight excluding hydrogens is 308 g/mol. The van der Waals surface area contributed by atoms with Crippen molar-refractivity contribution in [2.45, 2.75) is 6.92 Å². The number of hydrogen-bond acceptors (Lipinski definition) is 2. The molecule has 0 N–H and O–H groups in total. The van der Waals surface area contributed by atoms with Crippen molar-refractivity contribution in [1.82, 2.24) is 9.55 Å². The van der Waals surface area contributed by atoms with Crippen LogP contribution in [0.1, 0.15) is 21.5 Å². The summed E-state index contributed by atoms with van der Waals surface area (Å²) in [5, 5.41) is 0. The summed E-state index contributed by atoms with van der Waals surface area (Å²) in [6, 6.07) is 20.2. The first kappa shape index (κ1) is 14.2. The lowest BCUT2D eigenvalue weighted by Gasteiger charge is -2.04. The zero-order chi connectivity index (χ0) is 17.1. The quantitative estimate of drug-likeness (QED) is 0.445. The van der Waals surface area contributed by atoms with Gasteiger partial charge in [0.1, 0.15) is 5.82 Å². The van der Waals surface area contributed by atoms with Gasteiger partial charge in [0.15, 0.2) is 5.78 Å². The van der Waals surface area contributed by atoms with Crippen LogP contribution in [-0.2, 0) is 7.05 Å². The maximum Gasteiger partial charge on any atom is 0.194 e. The van der Waals surface area contributed by atoms with Crippen molar-refractivity contribution in [3.63, 3.8) is 0 Å². The van der Waals surface area contributed by atoms with Gasteiger partial charge < -0.3 is 4.57 Å². The molecule has 1 heterocycles. The molecule has 5 rings (SSSR count). The van der Waals surface area contributed by atoms with Gasteiger partial charge in [-0.2, -0.15) is 0 Å². The molecule has 3 aromatic carbocycles. The Morgan fingerprint density at radius 1 is 0.840 bits per heavy atom.